The zero-order valence-electron chi connectivity index (χ0n) is 8.67. The van der Waals surface area contributed by atoms with Gasteiger partial charge in [0.15, 0.2) is 0 Å². The maximum Gasteiger partial charge on any atom is 0.446 e. The zero-order chi connectivity index (χ0) is 12.2. The fourth-order valence-electron chi connectivity index (χ4n) is 1.16. The van der Waals surface area contributed by atoms with E-state index >= 15 is 0 Å². The van der Waals surface area contributed by atoms with E-state index in [0.717, 1.165) is 5.56 Å². The lowest BCUT2D eigenvalue weighted by Gasteiger charge is -2.06. The second-order valence-corrected chi connectivity index (χ2v) is 4.40. The lowest BCUT2D eigenvalue weighted by molar-refractivity contribution is -0.118. The van der Waals surface area contributed by atoms with Crippen LogP contribution in [0.3, 0.4) is 0 Å². The van der Waals surface area contributed by atoms with E-state index in [4.69, 9.17) is 0 Å². The third-order valence-electron chi connectivity index (χ3n) is 1.95. The molecule has 1 aromatic carbocycles. The Balaban J connectivity index is 2.64. The van der Waals surface area contributed by atoms with Crippen LogP contribution in [0, 0.1) is 0 Å². The van der Waals surface area contributed by atoms with Gasteiger partial charge in [-0.1, -0.05) is 19.1 Å². The lowest BCUT2D eigenvalue weighted by atomic mass is 10.1. The fraction of sp³-hybridized carbons (Fsp3) is 0.364. The summed E-state index contributed by atoms with van der Waals surface area (Å²) >= 11 is -0.151. The van der Waals surface area contributed by atoms with Crippen LogP contribution in [-0.4, -0.2) is 11.3 Å². The fourth-order valence-corrected chi connectivity index (χ4v) is 1.70. The molecule has 0 saturated heterocycles. The first-order chi connectivity index (χ1) is 7.40. The lowest BCUT2D eigenvalue weighted by Crippen LogP contribution is -2.01. The predicted molar refractivity (Wildman–Crippen MR) is 57.4 cm³/mol. The number of hydrogen-bond acceptors (Lipinski definition) is 2. The Hall–Kier alpha value is -0.970. The number of hydrogen-bond donors (Lipinski definition) is 0. The minimum Gasteiger partial charge on any atom is -0.299 e. The van der Waals surface area contributed by atoms with Crippen LogP contribution in [0.5, 0.6) is 0 Å². The van der Waals surface area contributed by atoms with Gasteiger partial charge in [0.25, 0.3) is 0 Å². The normalized spacial score (nSPS) is 11.5. The van der Waals surface area contributed by atoms with Crippen molar-refractivity contribution in [2.45, 2.75) is 30.2 Å². The van der Waals surface area contributed by atoms with Gasteiger partial charge in [-0.2, -0.15) is 13.2 Å². The number of ketones is 1. The molecule has 0 bridgehead atoms. The Morgan fingerprint density at radius 3 is 2.25 bits per heavy atom. The summed E-state index contributed by atoms with van der Waals surface area (Å²) in [5.41, 5.74) is -3.51. The van der Waals surface area contributed by atoms with Crippen molar-refractivity contribution in [1.82, 2.24) is 0 Å². The Morgan fingerprint density at radius 1 is 1.25 bits per heavy atom. The van der Waals surface area contributed by atoms with Crippen molar-refractivity contribution in [3.63, 3.8) is 0 Å². The average molecular weight is 248 g/mol. The van der Waals surface area contributed by atoms with Gasteiger partial charge in [0.1, 0.15) is 5.78 Å². The number of alkyl halides is 3. The Bertz CT molecular complexity index is 356. The van der Waals surface area contributed by atoms with Gasteiger partial charge in [-0.25, -0.2) is 0 Å². The third-order valence-corrected chi connectivity index (χ3v) is 2.69. The number of benzene rings is 1. The summed E-state index contributed by atoms with van der Waals surface area (Å²) in [5, 5.41) is 0. The quantitative estimate of drug-likeness (QED) is 0.753. The molecule has 0 aliphatic carbocycles. The average Bonchev–Trinajstić information content (AvgIpc) is 2.18. The molecule has 1 aromatic rings. The smallest absolute Gasteiger partial charge is 0.299 e. The second-order valence-electron chi connectivity index (χ2n) is 3.26. The third kappa shape index (κ3) is 4.70. The molecule has 0 fully saturated rings. The number of thioether (sulfide) groups is 1. The largest absolute Gasteiger partial charge is 0.446 e. The number of Topliss-reactive ketones (excluding diaryl/α,β-unsaturated/α-hetero) is 1. The molecule has 0 saturated carbocycles. The first-order valence-corrected chi connectivity index (χ1v) is 5.58. The van der Waals surface area contributed by atoms with Crippen LogP contribution in [0.1, 0.15) is 18.9 Å². The maximum atomic E-state index is 12.0. The molecule has 88 valence electrons. The highest BCUT2D eigenvalue weighted by molar-refractivity contribution is 8.00. The Kier molecular flexibility index (Phi) is 4.41. The van der Waals surface area contributed by atoms with Crippen molar-refractivity contribution in [2.75, 3.05) is 0 Å². The number of carbonyl (C=O) groups excluding carboxylic acids is 1. The van der Waals surface area contributed by atoms with Crippen molar-refractivity contribution in [1.29, 1.82) is 0 Å². The molecule has 1 rings (SSSR count). The van der Waals surface area contributed by atoms with E-state index in [9.17, 15) is 18.0 Å². The van der Waals surface area contributed by atoms with Gasteiger partial charge in [-0.05, 0) is 29.5 Å². The standard InChI is InChI=1S/C11H11F3OS/c1-2-9(15)7-8-3-5-10(6-4-8)16-11(12,13)14/h3-6H,2,7H2,1H3. The highest BCUT2D eigenvalue weighted by atomic mass is 32.2. The van der Waals surface area contributed by atoms with Crippen molar-refractivity contribution >= 4 is 17.5 Å². The summed E-state index contributed by atoms with van der Waals surface area (Å²) < 4.78 is 36.0. The molecule has 0 atom stereocenters. The van der Waals surface area contributed by atoms with Gasteiger partial charge in [0, 0.05) is 17.7 Å². The number of halogens is 3. The summed E-state index contributed by atoms with van der Waals surface area (Å²) in [5.74, 6) is 0.0798. The molecule has 1 nitrogen and oxygen atoms in total. The summed E-state index contributed by atoms with van der Waals surface area (Å²) in [6, 6.07) is 5.89. The molecule has 5 heteroatoms. The van der Waals surface area contributed by atoms with Crippen LogP contribution in [0.15, 0.2) is 29.2 Å². The topological polar surface area (TPSA) is 17.1 Å². The van der Waals surface area contributed by atoms with E-state index in [1.54, 1.807) is 19.1 Å². The van der Waals surface area contributed by atoms with E-state index < -0.39 is 5.51 Å². The minimum absolute atomic E-state index is 0.0798. The molecule has 0 radical (unpaired) electrons. The van der Waals surface area contributed by atoms with Gasteiger partial charge in [0.05, 0.1) is 0 Å². The Morgan fingerprint density at radius 2 is 1.81 bits per heavy atom. The Labute approximate surface area is 96.0 Å². The van der Waals surface area contributed by atoms with E-state index in [0.29, 0.717) is 6.42 Å². The number of rotatable bonds is 4. The highest BCUT2D eigenvalue weighted by Gasteiger charge is 2.28. The molecule has 0 spiro atoms. The first-order valence-electron chi connectivity index (χ1n) is 4.77. The van der Waals surface area contributed by atoms with E-state index in [1.165, 1.54) is 12.1 Å². The van der Waals surface area contributed by atoms with Crippen LogP contribution < -0.4 is 0 Å². The molecule has 0 N–H and O–H groups in total. The molecule has 16 heavy (non-hydrogen) atoms. The van der Waals surface area contributed by atoms with Crippen LogP contribution in [0.2, 0.25) is 0 Å². The van der Waals surface area contributed by atoms with Crippen molar-refractivity contribution < 1.29 is 18.0 Å². The van der Waals surface area contributed by atoms with Crippen molar-refractivity contribution in [2.24, 2.45) is 0 Å². The molecule has 0 amide bonds. The summed E-state index contributed by atoms with van der Waals surface area (Å²) in [6.07, 6.45) is 0.729. The van der Waals surface area contributed by atoms with E-state index in [1.807, 2.05) is 0 Å². The number of carbonyl (C=O) groups is 1. The van der Waals surface area contributed by atoms with Gasteiger partial charge >= 0.3 is 5.51 Å². The maximum absolute atomic E-state index is 12.0. The van der Waals surface area contributed by atoms with Crippen LogP contribution in [0.25, 0.3) is 0 Å². The van der Waals surface area contributed by atoms with Crippen LogP contribution >= 0.6 is 11.8 Å². The predicted octanol–water partition coefficient (Wildman–Crippen LogP) is 3.82. The van der Waals surface area contributed by atoms with E-state index in [-0.39, 0.29) is 28.9 Å². The SMILES string of the molecule is CCC(=O)Cc1ccc(SC(F)(F)F)cc1. The molecule has 0 aromatic heterocycles. The molecular weight excluding hydrogens is 237 g/mol. The summed E-state index contributed by atoms with van der Waals surface area (Å²) in [6.45, 7) is 1.76. The molecular formula is C11H11F3OS. The molecule has 0 heterocycles. The molecule has 0 unspecified atom stereocenters. The monoisotopic (exact) mass is 248 g/mol. The minimum atomic E-state index is -4.26. The van der Waals surface area contributed by atoms with Gasteiger partial charge in [0.2, 0.25) is 0 Å². The summed E-state index contributed by atoms with van der Waals surface area (Å²) in [7, 11) is 0. The van der Waals surface area contributed by atoms with Crippen molar-refractivity contribution in [3.05, 3.63) is 29.8 Å². The first kappa shape index (κ1) is 13.1. The molecule has 0 aliphatic heterocycles. The van der Waals surface area contributed by atoms with Crippen molar-refractivity contribution in [3.8, 4) is 0 Å². The molecule has 0 aliphatic rings. The highest BCUT2D eigenvalue weighted by Crippen LogP contribution is 2.36. The van der Waals surface area contributed by atoms with E-state index in [2.05, 4.69) is 0 Å². The second kappa shape index (κ2) is 5.39. The van der Waals surface area contributed by atoms with Gasteiger partial charge in [-0.3, -0.25) is 4.79 Å². The van der Waals surface area contributed by atoms with Crippen LogP contribution in [-0.2, 0) is 11.2 Å². The summed E-state index contributed by atoms with van der Waals surface area (Å²) in [4.78, 5) is 11.2. The van der Waals surface area contributed by atoms with Gasteiger partial charge < -0.3 is 0 Å². The zero-order valence-corrected chi connectivity index (χ0v) is 9.49. The van der Waals surface area contributed by atoms with Gasteiger partial charge in [-0.15, -0.1) is 0 Å². The van der Waals surface area contributed by atoms with Crippen LogP contribution in [0.4, 0.5) is 13.2 Å².